The van der Waals surface area contributed by atoms with Crippen LogP contribution in [0.1, 0.15) is 36.5 Å². The number of amides is 1. The molecule has 1 heterocycles. The monoisotopic (exact) mass is 295 g/mol. The molecule has 1 aliphatic rings. The Bertz CT molecular complexity index is 518. The van der Waals surface area contributed by atoms with Crippen LogP contribution < -0.4 is 0 Å². The summed E-state index contributed by atoms with van der Waals surface area (Å²) in [5, 5.41) is 9.72. The first-order valence-corrected chi connectivity index (χ1v) is 7.20. The maximum Gasteiger partial charge on any atom is 0.326 e. The number of nitrogens with zero attached hydrogens (tertiary/aromatic N) is 1. The molecule has 0 aromatic heterocycles. The van der Waals surface area contributed by atoms with Crippen molar-refractivity contribution in [2.45, 2.75) is 32.2 Å². The second kappa shape index (κ2) is 6.27. The molecule has 0 aliphatic carbocycles. The van der Waals surface area contributed by atoms with E-state index in [9.17, 15) is 14.7 Å². The van der Waals surface area contributed by atoms with Crippen molar-refractivity contribution in [2.75, 3.05) is 6.54 Å². The van der Waals surface area contributed by atoms with Crippen molar-refractivity contribution in [1.82, 2.24) is 4.90 Å². The Kier molecular flexibility index (Phi) is 4.65. The SMILES string of the molecule is CCC1CCN(C(=O)c2ccccc2Cl)C(C(=O)O)C1. The summed E-state index contributed by atoms with van der Waals surface area (Å²) < 4.78 is 0. The van der Waals surface area contributed by atoms with Crippen LogP contribution in [-0.4, -0.2) is 34.5 Å². The van der Waals surface area contributed by atoms with Gasteiger partial charge in [0.25, 0.3) is 5.91 Å². The third kappa shape index (κ3) is 2.96. The summed E-state index contributed by atoms with van der Waals surface area (Å²) in [6, 6.07) is 6.00. The molecule has 1 N–H and O–H groups in total. The zero-order valence-corrected chi connectivity index (χ0v) is 12.1. The Morgan fingerprint density at radius 1 is 1.40 bits per heavy atom. The minimum absolute atomic E-state index is 0.294. The van der Waals surface area contributed by atoms with Crippen LogP contribution in [0.25, 0.3) is 0 Å². The molecule has 0 radical (unpaired) electrons. The number of hydrogen-bond acceptors (Lipinski definition) is 2. The number of carbonyl (C=O) groups is 2. The molecule has 2 rings (SSSR count). The fourth-order valence-corrected chi connectivity index (χ4v) is 2.89. The molecule has 2 unspecified atom stereocenters. The smallest absolute Gasteiger partial charge is 0.326 e. The fourth-order valence-electron chi connectivity index (χ4n) is 2.68. The van der Waals surface area contributed by atoms with E-state index < -0.39 is 12.0 Å². The number of likely N-dealkylation sites (tertiary alicyclic amines) is 1. The first-order chi connectivity index (χ1) is 9.54. The van der Waals surface area contributed by atoms with Gasteiger partial charge in [-0.25, -0.2) is 4.79 Å². The second-order valence-electron chi connectivity index (χ2n) is 5.13. The highest BCUT2D eigenvalue weighted by Crippen LogP contribution is 2.28. The predicted octanol–water partition coefficient (Wildman–Crippen LogP) is 3.06. The highest BCUT2D eigenvalue weighted by Gasteiger charge is 2.36. The molecular weight excluding hydrogens is 278 g/mol. The van der Waals surface area contributed by atoms with Gasteiger partial charge in [-0.05, 0) is 30.9 Å². The topological polar surface area (TPSA) is 57.6 Å². The van der Waals surface area contributed by atoms with E-state index in [1.54, 1.807) is 24.3 Å². The average Bonchev–Trinajstić information content (AvgIpc) is 2.46. The first-order valence-electron chi connectivity index (χ1n) is 6.82. The van der Waals surface area contributed by atoms with E-state index in [-0.39, 0.29) is 5.91 Å². The van der Waals surface area contributed by atoms with Crippen molar-refractivity contribution in [1.29, 1.82) is 0 Å². The largest absolute Gasteiger partial charge is 0.480 e. The summed E-state index contributed by atoms with van der Waals surface area (Å²) >= 11 is 6.03. The molecule has 0 spiro atoms. The number of carboxylic acid groups (broad SMARTS) is 1. The Balaban J connectivity index is 2.24. The van der Waals surface area contributed by atoms with Gasteiger partial charge in [-0.2, -0.15) is 0 Å². The van der Waals surface area contributed by atoms with Gasteiger partial charge in [0.2, 0.25) is 0 Å². The first kappa shape index (κ1) is 14.9. The molecule has 0 saturated carbocycles. The third-order valence-electron chi connectivity index (χ3n) is 3.94. The van der Waals surface area contributed by atoms with Crippen LogP contribution >= 0.6 is 11.6 Å². The number of carboxylic acids is 1. The van der Waals surface area contributed by atoms with E-state index in [0.29, 0.717) is 29.5 Å². The van der Waals surface area contributed by atoms with Gasteiger partial charge in [0.05, 0.1) is 10.6 Å². The zero-order chi connectivity index (χ0) is 14.7. The molecule has 2 atom stereocenters. The van der Waals surface area contributed by atoms with Gasteiger partial charge in [0.15, 0.2) is 0 Å². The molecule has 108 valence electrons. The van der Waals surface area contributed by atoms with Crippen molar-refractivity contribution in [3.05, 3.63) is 34.9 Å². The van der Waals surface area contributed by atoms with Crippen molar-refractivity contribution in [2.24, 2.45) is 5.92 Å². The van der Waals surface area contributed by atoms with E-state index in [4.69, 9.17) is 11.6 Å². The number of carbonyl (C=O) groups excluding carboxylic acids is 1. The van der Waals surface area contributed by atoms with Gasteiger partial charge in [-0.15, -0.1) is 0 Å². The van der Waals surface area contributed by atoms with Crippen molar-refractivity contribution in [3.63, 3.8) is 0 Å². The van der Waals surface area contributed by atoms with Crippen LogP contribution in [-0.2, 0) is 4.79 Å². The Labute approximate surface area is 123 Å². The van der Waals surface area contributed by atoms with Crippen LogP contribution in [0.2, 0.25) is 5.02 Å². The summed E-state index contributed by atoms with van der Waals surface area (Å²) in [6.45, 7) is 2.52. The Morgan fingerprint density at radius 2 is 2.10 bits per heavy atom. The average molecular weight is 296 g/mol. The minimum Gasteiger partial charge on any atom is -0.480 e. The number of piperidine rings is 1. The summed E-state index contributed by atoms with van der Waals surface area (Å²) in [4.78, 5) is 25.4. The normalized spacial score (nSPS) is 22.6. The van der Waals surface area contributed by atoms with Gasteiger partial charge in [-0.3, -0.25) is 4.79 Å². The van der Waals surface area contributed by atoms with Crippen molar-refractivity contribution >= 4 is 23.5 Å². The van der Waals surface area contributed by atoms with Crippen LogP contribution in [0, 0.1) is 5.92 Å². The zero-order valence-electron chi connectivity index (χ0n) is 11.4. The van der Waals surface area contributed by atoms with E-state index in [2.05, 4.69) is 6.92 Å². The predicted molar refractivity (Wildman–Crippen MR) is 76.9 cm³/mol. The van der Waals surface area contributed by atoms with Crippen LogP contribution in [0.4, 0.5) is 0 Å². The molecule has 0 bridgehead atoms. The molecule has 4 nitrogen and oxygen atoms in total. The molecule has 20 heavy (non-hydrogen) atoms. The molecule has 5 heteroatoms. The molecular formula is C15H18ClNO3. The lowest BCUT2D eigenvalue weighted by Gasteiger charge is -2.37. The lowest BCUT2D eigenvalue weighted by molar-refractivity contribution is -0.144. The fraction of sp³-hybridized carbons (Fsp3) is 0.467. The van der Waals surface area contributed by atoms with E-state index in [1.807, 2.05) is 0 Å². The summed E-state index contributed by atoms with van der Waals surface area (Å²) in [5.41, 5.74) is 0.371. The number of aliphatic carboxylic acids is 1. The highest BCUT2D eigenvalue weighted by molar-refractivity contribution is 6.33. The molecule has 1 saturated heterocycles. The Hall–Kier alpha value is -1.55. The van der Waals surface area contributed by atoms with Gasteiger partial charge in [0.1, 0.15) is 6.04 Å². The van der Waals surface area contributed by atoms with Crippen LogP contribution in [0.5, 0.6) is 0 Å². The maximum atomic E-state index is 12.5. The molecule has 1 fully saturated rings. The lowest BCUT2D eigenvalue weighted by Crippen LogP contribution is -2.50. The van der Waals surface area contributed by atoms with Crippen LogP contribution in [0.3, 0.4) is 0 Å². The third-order valence-corrected chi connectivity index (χ3v) is 4.27. The Morgan fingerprint density at radius 3 is 2.70 bits per heavy atom. The number of benzene rings is 1. The summed E-state index contributed by atoms with van der Waals surface area (Å²) in [7, 11) is 0. The highest BCUT2D eigenvalue weighted by atomic mass is 35.5. The van der Waals surface area contributed by atoms with Crippen molar-refractivity contribution < 1.29 is 14.7 Å². The van der Waals surface area contributed by atoms with Gasteiger partial charge in [0, 0.05) is 6.54 Å². The molecule has 1 aliphatic heterocycles. The molecule has 1 aromatic rings. The van der Waals surface area contributed by atoms with Gasteiger partial charge in [-0.1, -0.05) is 37.1 Å². The molecule has 1 amide bonds. The van der Waals surface area contributed by atoms with Gasteiger partial charge >= 0.3 is 5.97 Å². The van der Waals surface area contributed by atoms with Crippen molar-refractivity contribution in [3.8, 4) is 0 Å². The van der Waals surface area contributed by atoms with Crippen LogP contribution in [0.15, 0.2) is 24.3 Å². The van der Waals surface area contributed by atoms with Gasteiger partial charge < -0.3 is 10.0 Å². The summed E-state index contributed by atoms with van der Waals surface area (Å²) in [5.74, 6) is -0.868. The number of hydrogen-bond donors (Lipinski definition) is 1. The number of rotatable bonds is 3. The lowest BCUT2D eigenvalue weighted by atomic mass is 9.88. The maximum absolute atomic E-state index is 12.5. The number of halogens is 1. The second-order valence-corrected chi connectivity index (χ2v) is 5.54. The van der Waals surface area contributed by atoms with E-state index >= 15 is 0 Å². The minimum atomic E-state index is -0.941. The summed E-state index contributed by atoms with van der Waals surface area (Å²) in [6.07, 6.45) is 2.30. The quantitative estimate of drug-likeness (QED) is 0.932. The van der Waals surface area contributed by atoms with E-state index in [0.717, 1.165) is 12.8 Å². The van der Waals surface area contributed by atoms with E-state index in [1.165, 1.54) is 4.90 Å². The standard InChI is InChI=1S/C15H18ClNO3/c1-2-10-7-8-17(13(9-10)15(19)20)14(18)11-5-3-4-6-12(11)16/h3-6,10,13H,2,7-9H2,1H3,(H,19,20). The molecule has 1 aromatic carbocycles.